The third kappa shape index (κ3) is 4.95. The number of amidine groups is 1. The van der Waals surface area contributed by atoms with Gasteiger partial charge in [-0.25, -0.2) is 4.99 Å². The van der Waals surface area contributed by atoms with Gasteiger partial charge in [-0.3, -0.25) is 0 Å². The number of nitrogens with zero attached hydrogens (tertiary/aromatic N) is 2. The number of para-hydroxylation sites is 1. The highest BCUT2D eigenvalue weighted by molar-refractivity contribution is 7.87. The van der Waals surface area contributed by atoms with Gasteiger partial charge in [-0.15, -0.1) is 0 Å². The molecule has 0 saturated heterocycles. The van der Waals surface area contributed by atoms with Crippen LogP contribution in [0.5, 0.6) is 0 Å². The van der Waals surface area contributed by atoms with Gasteiger partial charge in [0.1, 0.15) is 0 Å². The molecule has 0 radical (unpaired) electrons. The highest BCUT2D eigenvalue weighted by atomic mass is 32.2. The van der Waals surface area contributed by atoms with Crippen molar-refractivity contribution in [1.82, 2.24) is 0 Å². The highest BCUT2D eigenvalue weighted by Crippen LogP contribution is 2.22. The van der Waals surface area contributed by atoms with Crippen molar-refractivity contribution in [3.8, 4) is 0 Å². The Morgan fingerprint density at radius 2 is 1.07 bits per heavy atom. The quantitative estimate of drug-likeness (QED) is 0.263. The second-order valence-electron chi connectivity index (χ2n) is 6.64. The third-order valence-corrected chi connectivity index (χ3v) is 6.20. The molecule has 0 heterocycles. The van der Waals surface area contributed by atoms with Crippen LogP contribution in [-0.4, -0.2) is 5.84 Å². The second kappa shape index (κ2) is 9.26. The molecular weight excluding hydrogens is 372 g/mol. The molecule has 0 saturated carbocycles. The molecule has 0 amide bonds. The summed E-state index contributed by atoms with van der Waals surface area (Å²) in [6, 6.07) is 39.3. The van der Waals surface area contributed by atoms with Gasteiger partial charge in [-0.1, -0.05) is 84.4 Å². The van der Waals surface area contributed by atoms with E-state index in [2.05, 4.69) is 79.7 Å². The molecule has 4 rings (SSSR count). The summed E-state index contributed by atoms with van der Waals surface area (Å²) in [5.74, 6) is 0.743. The van der Waals surface area contributed by atoms with Gasteiger partial charge in [0.25, 0.3) is 0 Å². The lowest BCUT2D eigenvalue weighted by Crippen LogP contribution is -2.02. The van der Waals surface area contributed by atoms with Crippen LogP contribution in [0.3, 0.4) is 0 Å². The molecule has 3 heteroatoms. The molecule has 2 nitrogen and oxygen atoms in total. The largest absolute Gasteiger partial charge is 0.228 e. The number of hydrogen-bond donors (Lipinski definition) is 0. The second-order valence-corrected chi connectivity index (χ2v) is 8.33. The number of aliphatic imine (C=N–C) groups is 1. The Morgan fingerprint density at radius 1 is 0.586 bits per heavy atom. The summed E-state index contributed by atoms with van der Waals surface area (Å²) in [6.07, 6.45) is 0. The van der Waals surface area contributed by atoms with Crippen molar-refractivity contribution in [2.75, 3.05) is 0 Å². The first kappa shape index (κ1) is 19.0. The van der Waals surface area contributed by atoms with Crippen LogP contribution in [0.4, 0.5) is 5.69 Å². The molecular formula is C26H22N2S. The maximum atomic E-state index is 5.19. The summed E-state index contributed by atoms with van der Waals surface area (Å²) < 4.78 is 5.19. The van der Waals surface area contributed by atoms with E-state index in [1.165, 1.54) is 15.4 Å². The predicted molar refractivity (Wildman–Crippen MR) is 123 cm³/mol. The SMILES string of the molecule is Cc1ccc(C(=Nc2ccccc2)N=S(c2ccccc2)c2ccccc2)cc1. The van der Waals surface area contributed by atoms with Gasteiger partial charge in [0.05, 0.1) is 5.69 Å². The van der Waals surface area contributed by atoms with Crippen molar-refractivity contribution in [1.29, 1.82) is 0 Å². The summed E-state index contributed by atoms with van der Waals surface area (Å²) >= 11 is 0. The fraction of sp³-hybridized carbons (Fsp3) is 0.0385. The van der Waals surface area contributed by atoms with Crippen molar-refractivity contribution in [3.63, 3.8) is 0 Å². The van der Waals surface area contributed by atoms with Crippen molar-refractivity contribution in [2.24, 2.45) is 9.36 Å². The first-order valence-electron chi connectivity index (χ1n) is 9.57. The normalized spacial score (nSPS) is 11.4. The minimum absolute atomic E-state index is 0.467. The Kier molecular flexibility index (Phi) is 6.08. The fourth-order valence-corrected chi connectivity index (χ4v) is 4.52. The van der Waals surface area contributed by atoms with E-state index in [-0.39, 0.29) is 0 Å². The van der Waals surface area contributed by atoms with E-state index in [0.717, 1.165) is 17.1 Å². The van der Waals surface area contributed by atoms with Crippen LogP contribution in [0.2, 0.25) is 0 Å². The van der Waals surface area contributed by atoms with Crippen LogP contribution >= 0.6 is 0 Å². The lowest BCUT2D eigenvalue weighted by atomic mass is 10.1. The monoisotopic (exact) mass is 394 g/mol. The minimum atomic E-state index is -0.467. The Morgan fingerprint density at radius 3 is 1.59 bits per heavy atom. The van der Waals surface area contributed by atoms with E-state index in [9.17, 15) is 0 Å². The Labute approximate surface area is 174 Å². The number of rotatable bonds is 4. The summed E-state index contributed by atoms with van der Waals surface area (Å²) in [6.45, 7) is 2.09. The fourth-order valence-electron chi connectivity index (χ4n) is 2.89. The maximum absolute atomic E-state index is 5.19. The van der Waals surface area contributed by atoms with Gasteiger partial charge in [0.2, 0.25) is 0 Å². The first-order chi connectivity index (χ1) is 14.3. The van der Waals surface area contributed by atoms with E-state index >= 15 is 0 Å². The summed E-state index contributed by atoms with van der Waals surface area (Å²) in [4.78, 5) is 7.25. The molecule has 0 aliphatic heterocycles. The van der Waals surface area contributed by atoms with E-state index in [0.29, 0.717) is 0 Å². The van der Waals surface area contributed by atoms with Crippen molar-refractivity contribution in [3.05, 3.63) is 126 Å². The molecule has 0 aromatic heterocycles. The molecule has 0 atom stereocenters. The van der Waals surface area contributed by atoms with Crippen LogP contribution in [0.15, 0.2) is 134 Å². The molecule has 0 bridgehead atoms. The lowest BCUT2D eigenvalue weighted by Gasteiger charge is -2.11. The Hall–Kier alpha value is -3.30. The van der Waals surface area contributed by atoms with Gasteiger partial charge in [0.15, 0.2) is 5.84 Å². The van der Waals surface area contributed by atoms with E-state index in [1.807, 2.05) is 42.5 Å². The van der Waals surface area contributed by atoms with Crippen LogP contribution < -0.4 is 0 Å². The molecule has 0 unspecified atom stereocenters. The molecule has 0 aliphatic carbocycles. The van der Waals surface area contributed by atoms with Crippen molar-refractivity contribution < 1.29 is 0 Å². The first-order valence-corrected chi connectivity index (χ1v) is 10.7. The third-order valence-electron chi connectivity index (χ3n) is 4.41. The van der Waals surface area contributed by atoms with Gasteiger partial charge >= 0.3 is 0 Å². The summed E-state index contributed by atoms with van der Waals surface area (Å²) in [7, 11) is -0.467. The summed E-state index contributed by atoms with van der Waals surface area (Å²) in [5, 5.41) is 0. The van der Waals surface area contributed by atoms with Gasteiger partial charge in [-0.05, 0) is 54.0 Å². The van der Waals surface area contributed by atoms with Crippen molar-refractivity contribution in [2.45, 2.75) is 16.7 Å². The standard InChI is InChI=1S/C26H22N2S/c1-21-17-19-22(20-18-21)26(27-23-11-5-2-6-12-23)28-29(24-13-7-3-8-14-24)25-15-9-4-10-16-25/h2-20H,1H3. The topological polar surface area (TPSA) is 24.7 Å². The zero-order valence-corrected chi connectivity index (χ0v) is 17.1. The Balaban J connectivity index is 1.90. The minimum Gasteiger partial charge on any atom is -0.228 e. The van der Waals surface area contributed by atoms with Crippen molar-refractivity contribution >= 4 is 22.2 Å². The molecule has 29 heavy (non-hydrogen) atoms. The van der Waals surface area contributed by atoms with E-state index < -0.39 is 10.7 Å². The molecule has 0 aliphatic rings. The number of hydrogen-bond acceptors (Lipinski definition) is 1. The molecule has 0 fully saturated rings. The van der Waals surface area contributed by atoms with Crippen LogP contribution in [0.1, 0.15) is 11.1 Å². The summed E-state index contributed by atoms with van der Waals surface area (Å²) in [5.41, 5.74) is 3.14. The van der Waals surface area contributed by atoms with Crippen LogP contribution in [0, 0.1) is 6.92 Å². The van der Waals surface area contributed by atoms with Gasteiger partial charge in [0, 0.05) is 15.4 Å². The van der Waals surface area contributed by atoms with E-state index in [4.69, 9.17) is 9.36 Å². The molecule has 142 valence electrons. The van der Waals surface area contributed by atoms with Gasteiger partial charge < -0.3 is 0 Å². The highest BCUT2D eigenvalue weighted by Gasteiger charge is 2.09. The van der Waals surface area contributed by atoms with E-state index in [1.54, 1.807) is 0 Å². The number of benzene rings is 4. The average Bonchev–Trinajstić information content (AvgIpc) is 2.79. The molecule has 4 aromatic rings. The Bertz CT molecular complexity index is 1080. The van der Waals surface area contributed by atoms with Gasteiger partial charge in [-0.2, -0.15) is 4.36 Å². The zero-order chi connectivity index (χ0) is 19.9. The number of aryl methyl sites for hydroxylation is 1. The molecule has 4 aromatic carbocycles. The van der Waals surface area contributed by atoms with Crippen LogP contribution in [0.25, 0.3) is 0 Å². The maximum Gasteiger partial charge on any atom is 0.167 e. The lowest BCUT2D eigenvalue weighted by molar-refractivity contribution is 1.37. The molecule has 0 spiro atoms. The van der Waals surface area contributed by atoms with Crippen LogP contribution in [-0.2, 0) is 10.7 Å². The zero-order valence-electron chi connectivity index (χ0n) is 16.3. The average molecular weight is 395 g/mol. The molecule has 0 N–H and O–H groups in total. The smallest absolute Gasteiger partial charge is 0.167 e. The predicted octanol–water partition coefficient (Wildman–Crippen LogP) is 6.99.